The molecule has 0 aromatic carbocycles. The van der Waals surface area contributed by atoms with Gasteiger partial charge in [-0.25, -0.2) is 0 Å². The van der Waals surface area contributed by atoms with E-state index in [1.807, 2.05) is 0 Å². The summed E-state index contributed by atoms with van der Waals surface area (Å²) in [5.41, 5.74) is -1.50. The van der Waals surface area contributed by atoms with Crippen molar-refractivity contribution in [1.29, 1.82) is 0 Å². The van der Waals surface area contributed by atoms with Gasteiger partial charge in [-0.2, -0.15) is 0 Å². The van der Waals surface area contributed by atoms with Crippen LogP contribution in [0.5, 0.6) is 0 Å². The Hall–Kier alpha value is -1.14. The molecule has 0 N–H and O–H groups in total. The second-order valence-corrected chi connectivity index (χ2v) is 7.23. The van der Waals surface area contributed by atoms with Gasteiger partial charge in [-0.15, -0.1) is 4.91 Å². The summed E-state index contributed by atoms with van der Waals surface area (Å²) >= 11 is 0. The van der Waals surface area contributed by atoms with E-state index in [0.717, 1.165) is 12.8 Å². The number of ether oxygens (including phenoxy) is 1. The molecule has 6 heteroatoms. The summed E-state index contributed by atoms with van der Waals surface area (Å²) in [7, 11) is 0. The highest BCUT2D eigenvalue weighted by Crippen LogP contribution is 2.38. The van der Waals surface area contributed by atoms with Crippen molar-refractivity contribution in [3.05, 3.63) is 4.91 Å². The number of ketones is 2. The number of nitroso groups, excluding NO2 is 1. The number of hydrogen-bond donors (Lipinski definition) is 0. The van der Waals surface area contributed by atoms with Crippen LogP contribution in [-0.4, -0.2) is 52.8 Å². The average molecular weight is 310 g/mol. The Morgan fingerprint density at radius 3 is 2.23 bits per heavy atom. The maximum Gasteiger partial charge on any atom is 0.231 e. The van der Waals surface area contributed by atoms with E-state index in [1.54, 1.807) is 0 Å². The van der Waals surface area contributed by atoms with Gasteiger partial charge < -0.3 is 4.74 Å². The van der Waals surface area contributed by atoms with E-state index in [4.69, 9.17) is 4.74 Å². The lowest BCUT2D eigenvalue weighted by atomic mass is 9.96. The van der Waals surface area contributed by atoms with Crippen LogP contribution >= 0.6 is 0 Å². The normalized spacial score (nSPS) is 28.9. The molecule has 0 aliphatic carbocycles. The van der Waals surface area contributed by atoms with Crippen LogP contribution in [-0.2, 0) is 14.3 Å². The molecule has 0 aromatic rings. The first-order valence-electron chi connectivity index (χ1n) is 8.07. The van der Waals surface area contributed by atoms with Gasteiger partial charge in [-0.05, 0) is 53.4 Å². The minimum Gasteiger partial charge on any atom is -0.370 e. The highest BCUT2D eigenvalue weighted by atomic mass is 16.5. The largest absolute Gasteiger partial charge is 0.370 e. The Morgan fingerprint density at radius 1 is 1.23 bits per heavy atom. The molecule has 0 aromatic heterocycles. The zero-order valence-electron chi connectivity index (χ0n) is 13.9. The SMILES string of the molecule is CC(C)N1C2CCC1CC(OCC(=O)C(=O)C(C)(C)N=O)C2. The van der Waals surface area contributed by atoms with Gasteiger partial charge in [0, 0.05) is 18.1 Å². The lowest BCUT2D eigenvalue weighted by Crippen LogP contribution is -2.49. The minimum absolute atomic E-state index is 0.0246. The average Bonchev–Trinajstić information content (AvgIpc) is 2.75. The summed E-state index contributed by atoms with van der Waals surface area (Å²) in [6.07, 6.45) is 4.20. The van der Waals surface area contributed by atoms with E-state index < -0.39 is 17.1 Å². The fourth-order valence-electron chi connectivity index (χ4n) is 3.78. The fourth-order valence-corrected chi connectivity index (χ4v) is 3.78. The highest BCUT2D eigenvalue weighted by molar-refractivity contribution is 6.40. The summed E-state index contributed by atoms with van der Waals surface area (Å²) in [6.45, 7) is 6.87. The molecule has 0 saturated carbocycles. The van der Waals surface area contributed by atoms with Crippen LogP contribution in [0.1, 0.15) is 53.4 Å². The molecular weight excluding hydrogens is 284 g/mol. The van der Waals surface area contributed by atoms with Gasteiger partial charge in [-0.3, -0.25) is 14.5 Å². The zero-order chi connectivity index (χ0) is 16.5. The highest BCUT2D eigenvalue weighted by Gasteiger charge is 2.42. The second kappa shape index (κ2) is 6.54. The number of rotatable bonds is 7. The third-order valence-electron chi connectivity index (χ3n) is 4.83. The summed E-state index contributed by atoms with van der Waals surface area (Å²) < 4.78 is 5.67. The van der Waals surface area contributed by atoms with E-state index in [9.17, 15) is 14.5 Å². The molecular formula is C16H26N2O4. The van der Waals surface area contributed by atoms with Crippen molar-refractivity contribution in [1.82, 2.24) is 4.90 Å². The van der Waals surface area contributed by atoms with Crippen molar-refractivity contribution >= 4 is 11.6 Å². The van der Waals surface area contributed by atoms with Gasteiger partial charge in [-0.1, -0.05) is 5.18 Å². The Bertz CT molecular complexity index is 447. The Morgan fingerprint density at radius 2 is 1.77 bits per heavy atom. The Labute approximate surface area is 131 Å². The monoisotopic (exact) mass is 310 g/mol. The summed E-state index contributed by atoms with van der Waals surface area (Å²) in [4.78, 5) is 36.8. The first-order valence-corrected chi connectivity index (χ1v) is 8.07. The number of carbonyl (C=O) groups is 2. The predicted molar refractivity (Wildman–Crippen MR) is 82.6 cm³/mol. The molecule has 2 bridgehead atoms. The summed E-state index contributed by atoms with van der Waals surface area (Å²) in [6, 6.07) is 1.56. The second-order valence-electron chi connectivity index (χ2n) is 7.23. The number of fused-ring (bicyclic) bond motifs is 2. The van der Waals surface area contributed by atoms with Crippen LogP contribution in [0.4, 0.5) is 0 Å². The lowest BCUT2D eigenvalue weighted by molar-refractivity contribution is -0.143. The predicted octanol–water partition coefficient (Wildman–Crippen LogP) is 2.09. The molecule has 2 aliphatic heterocycles. The summed E-state index contributed by atoms with van der Waals surface area (Å²) in [5.74, 6) is -1.44. The molecule has 6 nitrogen and oxygen atoms in total. The van der Waals surface area contributed by atoms with E-state index in [0.29, 0.717) is 18.1 Å². The van der Waals surface area contributed by atoms with Gasteiger partial charge in [0.25, 0.3) is 0 Å². The first-order chi connectivity index (χ1) is 10.3. The Balaban J connectivity index is 1.86. The molecule has 2 fully saturated rings. The van der Waals surface area contributed by atoms with E-state index in [-0.39, 0.29) is 12.7 Å². The molecule has 124 valence electrons. The number of Topliss-reactive ketones (excluding diaryl/α,β-unsaturated/α-hetero) is 2. The molecule has 2 saturated heterocycles. The van der Waals surface area contributed by atoms with Crippen molar-refractivity contribution < 1.29 is 14.3 Å². The molecule has 0 radical (unpaired) electrons. The van der Waals surface area contributed by atoms with E-state index in [1.165, 1.54) is 26.7 Å². The van der Waals surface area contributed by atoms with Gasteiger partial charge in [0.15, 0.2) is 5.54 Å². The standard InChI is InChI=1S/C16H26N2O4/c1-10(2)18-11-5-6-12(18)8-13(7-11)22-9-14(19)15(20)16(3,4)17-21/h10-13H,5-9H2,1-4H3. The van der Waals surface area contributed by atoms with Crippen LogP contribution in [0.3, 0.4) is 0 Å². The maximum absolute atomic E-state index is 11.9. The fraction of sp³-hybridized carbons (Fsp3) is 0.875. The van der Waals surface area contributed by atoms with E-state index >= 15 is 0 Å². The van der Waals surface area contributed by atoms with Crippen molar-refractivity contribution in [3.63, 3.8) is 0 Å². The van der Waals surface area contributed by atoms with Crippen molar-refractivity contribution in [2.75, 3.05) is 6.61 Å². The topological polar surface area (TPSA) is 76.0 Å². The third kappa shape index (κ3) is 3.43. The number of nitrogens with zero attached hydrogens (tertiary/aromatic N) is 2. The van der Waals surface area contributed by atoms with Gasteiger partial charge in [0.05, 0.1) is 6.10 Å². The Kier molecular flexibility index (Phi) is 5.12. The molecule has 0 spiro atoms. The van der Waals surface area contributed by atoms with Crippen molar-refractivity contribution in [2.24, 2.45) is 5.18 Å². The third-order valence-corrected chi connectivity index (χ3v) is 4.83. The maximum atomic E-state index is 11.9. The van der Waals surface area contributed by atoms with Crippen LogP contribution in [0.2, 0.25) is 0 Å². The number of piperidine rings is 1. The van der Waals surface area contributed by atoms with Crippen molar-refractivity contribution in [2.45, 2.75) is 83.1 Å². The minimum atomic E-state index is -1.50. The number of hydrogen-bond acceptors (Lipinski definition) is 6. The number of carbonyl (C=O) groups excluding carboxylic acids is 2. The molecule has 2 unspecified atom stereocenters. The molecule has 2 heterocycles. The van der Waals surface area contributed by atoms with Crippen LogP contribution in [0.15, 0.2) is 5.18 Å². The molecule has 0 amide bonds. The first kappa shape index (κ1) is 17.2. The summed E-state index contributed by atoms with van der Waals surface area (Å²) in [5, 5.41) is 2.72. The zero-order valence-corrected chi connectivity index (χ0v) is 13.9. The molecule has 2 rings (SSSR count). The molecule has 2 aliphatic rings. The smallest absolute Gasteiger partial charge is 0.231 e. The quantitative estimate of drug-likeness (QED) is 0.531. The van der Waals surface area contributed by atoms with Crippen LogP contribution < -0.4 is 0 Å². The van der Waals surface area contributed by atoms with Crippen molar-refractivity contribution in [3.8, 4) is 0 Å². The lowest BCUT2D eigenvalue weighted by Gasteiger charge is -2.41. The van der Waals surface area contributed by atoms with Crippen LogP contribution in [0, 0.1) is 4.91 Å². The van der Waals surface area contributed by atoms with E-state index in [2.05, 4.69) is 23.9 Å². The molecule has 22 heavy (non-hydrogen) atoms. The van der Waals surface area contributed by atoms with Gasteiger partial charge in [0.1, 0.15) is 6.61 Å². The van der Waals surface area contributed by atoms with Gasteiger partial charge in [0.2, 0.25) is 11.6 Å². The van der Waals surface area contributed by atoms with Crippen LogP contribution in [0.25, 0.3) is 0 Å². The van der Waals surface area contributed by atoms with Gasteiger partial charge >= 0.3 is 0 Å². The molecule has 2 atom stereocenters.